The molecule has 1 unspecified atom stereocenters. The van der Waals surface area contributed by atoms with Crippen LogP contribution in [0.15, 0.2) is 0 Å². The topological polar surface area (TPSA) is 49.3 Å². The van der Waals surface area contributed by atoms with Crippen LogP contribution in [0.2, 0.25) is 0 Å². The monoisotopic (exact) mass is 191 g/mol. The molecular formula is C8H17NO2S. The highest BCUT2D eigenvalue weighted by Gasteiger charge is 2.14. The molecule has 0 aliphatic rings. The van der Waals surface area contributed by atoms with Crippen molar-refractivity contribution in [2.75, 3.05) is 18.6 Å². The maximum atomic E-state index is 10.6. The van der Waals surface area contributed by atoms with Crippen molar-refractivity contribution >= 4 is 17.7 Å². The third-order valence-electron chi connectivity index (χ3n) is 1.55. The molecule has 72 valence electrons. The van der Waals surface area contributed by atoms with E-state index in [1.807, 2.05) is 13.2 Å². The normalized spacial score (nSPS) is 12.8. The summed E-state index contributed by atoms with van der Waals surface area (Å²) in [5, 5.41) is 11.7. The van der Waals surface area contributed by atoms with Gasteiger partial charge in [0.1, 0.15) is 6.04 Å². The number of carbonyl (C=O) groups is 1. The summed E-state index contributed by atoms with van der Waals surface area (Å²) < 4.78 is 0. The molecule has 0 aliphatic heterocycles. The molecule has 1 atom stereocenters. The van der Waals surface area contributed by atoms with Gasteiger partial charge in [0.15, 0.2) is 0 Å². The number of nitrogens with one attached hydrogen (secondary N) is 1. The van der Waals surface area contributed by atoms with Gasteiger partial charge >= 0.3 is 5.97 Å². The first kappa shape index (κ1) is 11.8. The highest BCUT2D eigenvalue weighted by molar-refractivity contribution is 7.98. The molecule has 0 aromatic carbocycles. The minimum atomic E-state index is -0.738. The minimum absolute atomic E-state index is 0.364. The van der Waals surface area contributed by atoms with E-state index < -0.39 is 5.97 Å². The van der Waals surface area contributed by atoms with Gasteiger partial charge in [-0.2, -0.15) is 11.8 Å². The fourth-order valence-corrected chi connectivity index (χ4v) is 1.34. The summed E-state index contributed by atoms with van der Waals surface area (Å²) in [5.74, 6) is 0.158. The van der Waals surface area contributed by atoms with Crippen LogP contribution in [0.3, 0.4) is 0 Å². The highest BCUT2D eigenvalue weighted by atomic mass is 32.2. The standard InChI is InChI=1S/C8H17NO2S/c1-3-5-9-7(8(10)11)4-6-12-2/h7,9H,3-6H2,1-2H3,(H,10,11). The second-order valence-corrected chi connectivity index (χ2v) is 3.61. The molecule has 0 spiro atoms. The average Bonchev–Trinajstić information content (AvgIpc) is 2.04. The van der Waals surface area contributed by atoms with Gasteiger partial charge in [0.05, 0.1) is 0 Å². The summed E-state index contributed by atoms with van der Waals surface area (Å²) >= 11 is 1.68. The van der Waals surface area contributed by atoms with Crippen molar-refractivity contribution in [2.45, 2.75) is 25.8 Å². The summed E-state index contributed by atoms with van der Waals surface area (Å²) in [6.07, 6.45) is 3.66. The Morgan fingerprint density at radius 3 is 2.75 bits per heavy atom. The van der Waals surface area contributed by atoms with Gasteiger partial charge in [0, 0.05) is 0 Å². The molecule has 0 aromatic rings. The fraction of sp³-hybridized carbons (Fsp3) is 0.875. The minimum Gasteiger partial charge on any atom is -0.480 e. The molecule has 0 aromatic heterocycles. The third kappa shape index (κ3) is 5.43. The van der Waals surface area contributed by atoms with Crippen LogP contribution in [0.1, 0.15) is 19.8 Å². The second kappa shape index (κ2) is 7.43. The van der Waals surface area contributed by atoms with Gasteiger partial charge in [0.2, 0.25) is 0 Å². The zero-order valence-corrected chi connectivity index (χ0v) is 8.49. The van der Waals surface area contributed by atoms with Crippen LogP contribution in [0.5, 0.6) is 0 Å². The second-order valence-electron chi connectivity index (χ2n) is 2.63. The first-order chi connectivity index (χ1) is 5.72. The van der Waals surface area contributed by atoms with Gasteiger partial charge in [0.25, 0.3) is 0 Å². The molecule has 0 saturated heterocycles. The molecule has 0 saturated carbocycles. The summed E-state index contributed by atoms with van der Waals surface area (Å²) in [6.45, 7) is 2.81. The maximum absolute atomic E-state index is 10.6. The van der Waals surface area contributed by atoms with E-state index in [1.165, 1.54) is 0 Å². The summed E-state index contributed by atoms with van der Waals surface area (Å²) in [4.78, 5) is 10.6. The smallest absolute Gasteiger partial charge is 0.320 e. The van der Waals surface area contributed by atoms with E-state index in [0.717, 1.165) is 18.7 Å². The summed E-state index contributed by atoms with van der Waals surface area (Å²) in [5.41, 5.74) is 0. The van der Waals surface area contributed by atoms with Crippen LogP contribution in [0.4, 0.5) is 0 Å². The molecule has 0 radical (unpaired) electrons. The van der Waals surface area contributed by atoms with Gasteiger partial charge in [-0.25, -0.2) is 0 Å². The van der Waals surface area contributed by atoms with Crippen LogP contribution in [0.25, 0.3) is 0 Å². The Balaban J connectivity index is 3.62. The third-order valence-corrected chi connectivity index (χ3v) is 2.19. The molecule has 4 heteroatoms. The number of thioether (sulfide) groups is 1. The molecule has 0 rings (SSSR count). The van der Waals surface area contributed by atoms with Crippen molar-refractivity contribution in [2.24, 2.45) is 0 Å². The Kier molecular flexibility index (Phi) is 7.29. The van der Waals surface area contributed by atoms with Gasteiger partial charge in [-0.1, -0.05) is 6.92 Å². The van der Waals surface area contributed by atoms with Gasteiger partial charge in [-0.15, -0.1) is 0 Å². The van der Waals surface area contributed by atoms with Gasteiger partial charge in [-0.05, 0) is 31.4 Å². The van der Waals surface area contributed by atoms with E-state index in [9.17, 15) is 4.79 Å². The number of rotatable bonds is 7. The lowest BCUT2D eigenvalue weighted by Gasteiger charge is -2.12. The Labute approximate surface area is 77.9 Å². The SMILES string of the molecule is CCCNC(CCSC)C(=O)O. The van der Waals surface area contributed by atoms with Crippen molar-refractivity contribution in [1.29, 1.82) is 0 Å². The zero-order valence-electron chi connectivity index (χ0n) is 7.67. The van der Waals surface area contributed by atoms with Crippen molar-refractivity contribution < 1.29 is 9.90 Å². The van der Waals surface area contributed by atoms with E-state index in [2.05, 4.69) is 5.32 Å². The van der Waals surface area contributed by atoms with Crippen molar-refractivity contribution in [1.82, 2.24) is 5.32 Å². The molecule has 0 fully saturated rings. The summed E-state index contributed by atoms with van der Waals surface area (Å²) in [6, 6.07) is -0.364. The fourth-order valence-electron chi connectivity index (χ4n) is 0.867. The molecular weight excluding hydrogens is 174 g/mol. The Morgan fingerprint density at radius 1 is 1.67 bits per heavy atom. The first-order valence-electron chi connectivity index (χ1n) is 4.17. The molecule has 2 N–H and O–H groups in total. The van der Waals surface area contributed by atoms with Gasteiger partial charge < -0.3 is 10.4 Å². The number of hydrogen-bond donors (Lipinski definition) is 2. The Hall–Kier alpha value is -0.220. The van der Waals surface area contributed by atoms with E-state index >= 15 is 0 Å². The van der Waals surface area contributed by atoms with Crippen LogP contribution >= 0.6 is 11.8 Å². The van der Waals surface area contributed by atoms with E-state index in [0.29, 0.717) is 6.42 Å². The molecule has 0 bridgehead atoms. The number of hydrogen-bond acceptors (Lipinski definition) is 3. The van der Waals surface area contributed by atoms with Crippen LogP contribution in [-0.4, -0.2) is 35.7 Å². The maximum Gasteiger partial charge on any atom is 0.320 e. The Bertz CT molecular complexity index is 122. The largest absolute Gasteiger partial charge is 0.480 e. The predicted molar refractivity (Wildman–Crippen MR) is 52.7 cm³/mol. The van der Waals surface area contributed by atoms with Crippen molar-refractivity contribution in [3.05, 3.63) is 0 Å². The molecule has 12 heavy (non-hydrogen) atoms. The van der Waals surface area contributed by atoms with E-state index in [-0.39, 0.29) is 6.04 Å². The Morgan fingerprint density at radius 2 is 2.33 bits per heavy atom. The molecule has 0 amide bonds. The van der Waals surface area contributed by atoms with Crippen molar-refractivity contribution in [3.8, 4) is 0 Å². The van der Waals surface area contributed by atoms with Crippen molar-refractivity contribution in [3.63, 3.8) is 0 Å². The van der Waals surface area contributed by atoms with E-state index in [1.54, 1.807) is 11.8 Å². The quantitative estimate of drug-likeness (QED) is 0.634. The van der Waals surface area contributed by atoms with Gasteiger partial charge in [-0.3, -0.25) is 4.79 Å². The zero-order chi connectivity index (χ0) is 9.40. The number of carboxylic acids is 1. The number of carboxylic acid groups (broad SMARTS) is 1. The lowest BCUT2D eigenvalue weighted by molar-refractivity contribution is -0.139. The highest BCUT2D eigenvalue weighted by Crippen LogP contribution is 2.00. The summed E-state index contributed by atoms with van der Waals surface area (Å²) in [7, 11) is 0. The first-order valence-corrected chi connectivity index (χ1v) is 5.56. The molecule has 3 nitrogen and oxygen atoms in total. The van der Waals surface area contributed by atoms with E-state index in [4.69, 9.17) is 5.11 Å². The lowest BCUT2D eigenvalue weighted by atomic mass is 10.2. The van der Waals surface area contributed by atoms with Crippen LogP contribution in [0, 0.1) is 0 Å². The number of aliphatic carboxylic acids is 1. The molecule has 0 aliphatic carbocycles. The average molecular weight is 191 g/mol. The van der Waals surface area contributed by atoms with Crippen LogP contribution in [-0.2, 0) is 4.79 Å². The van der Waals surface area contributed by atoms with Crippen LogP contribution < -0.4 is 5.32 Å². The predicted octanol–water partition coefficient (Wildman–Crippen LogP) is 1.19. The molecule has 0 heterocycles. The lowest BCUT2D eigenvalue weighted by Crippen LogP contribution is -2.37.